The number of nitrogens with zero attached hydrogens (tertiary/aromatic N) is 1. The topological polar surface area (TPSA) is 34.0 Å². The van der Waals surface area contributed by atoms with Gasteiger partial charge in [-0.1, -0.05) is 41.9 Å². The van der Waals surface area contributed by atoms with Gasteiger partial charge in [0.2, 0.25) is 5.91 Å². The lowest BCUT2D eigenvalue weighted by Gasteiger charge is -2.33. The van der Waals surface area contributed by atoms with E-state index in [-0.39, 0.29) is 17.7 Å². The molecule has 3 nitrogen and oxygen atoms in total. The van der Waals surface area contributed by atoms with E-state index in [0.717, 1.165) is 18.7 Å². The van der Waals surface area contributed by atoms with Gasteiger partial charge in [-0.15, -0.1) is 0 Å². The van der Waals surface area contributed by atoms with E-state index in [0.29, 0.717) is 5.02 Å². The van der Waals surface area contributed by atoms with Gasteiger partial charge in [0, 0.05) is 35.1 Å². The standard InChI is InChI=1S/C21H19ClN2O/c22-16-8-10-17(11-9-16)23-21(25)18-12-14-24-13-4-7-19(24)20(18)15-5-2-1-3-6-15/h1-11,13,18,20H,12,14H2,(H,23,25). The van der Waals surface area contributed by atoms with Crippen molar-refractivity contribution in [1.29, 1.82) is 0 Å². The molecule has 2 unspecified atom stereocenters. The summed E-state index contributed by atoms with van der Waals surface area (Å²) in [7, 11) is 0. The molecule has 2 heterocycles. The van der Waals surface area contributed by atoms with E-state index in [1.54, 1.807) is 12.1 Å². The summed E-state index contributed by atoms with van der Waals surface area (Å²) < 4.78 is 2.25. The molecule has 3 aromatic rings. The highest BCUT2D eigenvalue weighted by Gasteiger charge is 2.35. The van der Waals surface area contributed by atoms with Crippen molar-refractivity contribution in [3.63, 3.8) is 0 Å². The van der Waals surface area contributed by atoms with E-state index >= 15 is 0 Å². The monoisotopic (exact) mass is 350 g/mol. The summed E-state index contributed by atoms with van der Waals surface area (Å²) >= 11 is 5.93. The van der Waals surface area contributed by atoms with Crippen LogP contribution in [0, 0.1) is 5.92 Å². The average molecular weight is 351 g/mol. The second-order valence-corrected chi connectivity index (χ2v) is 6.84. The summed E-state index contributed by atoms with van der Waals surface area (Å²) in [5.41, 5.74) is 3.16. The van der Waals surface area contributed by atoms with Crippen LogP contribution in [-0.2, 0) is 11.3 Å². The smallest absolute Gasteiger partial charge is 0.228 e. The zero-order valence-electron chi connectivity index (χ0n) is 13.7. The minimum absolute atomic E-state index is 0.0589. The van der Waals surface area contributed by atoms with Crippen molar-refractivity contribution in [3.8, 4) is 0 Å². The largest absolute Gasteiger partial charge is 0.351 e. The number of anilines is 1. The molecule has 4 heteroatoms. The van der Waals surface area contributed by atoms with Gasteiger partial charge in [-0.05, 0) is 48.4 Å². The molecule has 1 amide bonds. The number of hydrogen-bond donors (Lipinski definition) is 1. The Morgan fingerprint density at radius 1 is 1.00 bits per heavy atom. The highest BCUT2D eigenvalue weighted by molar-refractivity contribution is 6.30. The number of rotatable bonds is 3. The van der Waals surface area contributed by atoms with Crippen LogP contribution in [-0.4, -0.2) is 10.5 Å². The molecule has 1 aromatic heterocycles. The number of carbonyl (C=O) groups is 1. The first-order valence-corrected chi connectivity index (χ1v) is 8.86. The lowest BCUT2D eigenvalue weighted by molar-refractivity contribution is -0.120. The molecule has 0 saturated heterocycles. The first kappa shape index (κ1) is 16.0. The van der Waals surface area contributed by atoms with Gasteiger partial charge in [0.25, 0.3) is 0 Å². The van der Waals surface area contributed by atoms with Gasteiger partial charge in [-0.25, -0.2) is 0 Å². The number of amides is 1. The van der Waals surface area contributed by atoms with Gasteiger partial charge in [0.15, 0.2) is 0 Å². The van der Waals surface area contributed by atoms with Gasteiger partial charge in [0.05, 0.1) is 5.92 Å². The second kappa shape index (κ2) is 6.77. The Kier molecular flexibility index (Phi) is 4.33. The maximum absolute atomic E-state index is 13.0. The number of halogens is 1. The highest BCUT2D eigenvalue weighted by atomic mass is 35.5. The molecule has 4 rings (SSSR count). The van der Waals surface area contributed by atoms with E-state index in [1.165, 1.54) is 11.3 Å². The Bertz CT molecular complexity index is 870. The SMILES string of the molecule is O=C(Nc1ccc(Cl)cc1)C1CCn2cccc2C1c1ccccc1. The average Bonchev–Trinajstić information content (AvgIpc) is 3.12. The van der Waals surface area contributed by atoms with Gasteiger partial charge in [0.1, 0.15) is 0 Å². The molecule has 0 aliphatic carbocycles. The number of nitrogens with one attached hydrogen (secondary N) is 1. The second-order valence-electron chi connectivity index (χ2n) is 6.41. The fourth-order valence-corrected chi connectivity index (χ4v) is 3.80. The molecule has 0 spiro atoms. The molecular weight excluding hydrogens is 332 g/mol. The van der Waals surface area contributed by atoms with Crippen LogP contribution in [0.25, 0.3) is 0 Å². The molecule has 1 aliphatic rings. The van der Waals surface area contributed by atoms with Gasteiger partial charge >= 0.3 is 0 Å². The third-order valence-electron chi connectivity index (χ3n) is 4.87. The summed E-state index contributed by atoms with van der Waals surface area (Å²) in [5, 5.41) is 3.72. The molecular formula is C21H19ClN2O. The molecule has 1 N–H and O–H groups in total. The third-order valence-corrected chi connectivity index (χ3v) is 5.13. The van der Waals surface area contributed by atoms with Crippen molar-refractivity contribution in [1.82, 2.24) is 4.57 Å². The molecule has 0 radical (unpaired) electrons. The summed E-state index contributed by atoms with van der Waals surface area (Å²) in [6, 6.07) is 21.7. The minimum Gasteiger partial charge on any atom is -0.351 e. The molecule has 0 fully saturated rings. The van der Waals surface area contributed by atoms with Gasteiger partial charge in [-0.2, -0.15) is 0 Å². The molecule has 25 heavy (non-hydrogen) atoms. The maximum Gasteiger partial charge on any atom is 0.228 e. The lowest BCUT2D eigenvalue weighted by atomic mass is 9.79. The number of fused-ring (bicyclic) bond motifs is 1. The van der Waals surface area contributed by atoms with E-state index in [1.807, 2.05) is 30.3 Å². The highest BCUT2D eigenvalue weighted by Crippen LogP contribution is 2.39. The summed E-state index contributed by atoms with van der Waals surface area (Å²) in [5.74, 6) is 0.0290. The first-order chi connectivity index (χ1) is 12.2. The van der Waals surface area contributed by atoms with Crippen molar-refractivity contribution in [2.45, 2.75) is 18.9 Å². The summed E-state index contributed by atoms with van der Waals surface area (Å²) in [6.07, 6.45) is 2.92. The predicted molar refractivity (Wildman–Crippen MR) is 101 cm³/mol. The molecule has 0 bridgehead atoms. The van der Waals surface area contributed by atoms with Crippen LogP contribution in [0.5, 0.6) is 0 Å². The van der Waals surface area contributed by atoms with Crippen molar-refractivity contribution >= 4 is 23.2 Å². The number of carbonyl (C=O) groups excluding carboxylic acids is 1. The molecule has 126 valence electrons. The van der Waals surface area contributed by atoms with Crippen LogP contribution in [0.3, 0.4) is 0 Å². The number of hydrogen-bond acceptors (Lipinski definition) is 1. The molecule has 2 aromatic carbocycles. The zero-order valence-corrected chi connectivity index (χ0v) is 14.5. The Labute approximate surface area is 152 Å². The fraction of sp³-hybridized carbons (Fsp3) is 0.190. The normalized spacial score (nSPS) is 19.2. The van der Waals surface area contributed by atoms with Gasteiger partial charge in [-0.3, -0.25) is 4.79 Å². The predicted octanol–water partition coefficient (Wildman–Crippen LogP) is 4.93. The van der Waals surface area contributed by atoms with Crippen LogP contribution in [0.15, 0.2) is 72.9 Å². The van der Waals surface area contributed by atoms with E-state index in [9.17, 15) is 4.79 Å². The zero-order chi connectivity index (χ0) is 17.2. The van der Waals surface area contributed by atoms with Crippen molar-refractivity contribution in [2.75, 3.05) is 5.32 Å². The Balaban J connectivity index is 1.65. The quantitative estimate of drug-likeness (QED) is 0.713. The van der Waals surface area contributed by atoms with Crippen LogP contribution in [0.1, 0.15) is 23.6 Å². The van der Waals surface area contributed by atoms with E-state index in [2.05, 4.69) is 40.3 Å². The maximum atomic E-state index is 13.0. The number of benzene rings is 2. The van der Waals surface area contributed by atoms with Crippen molar-refractivity contribution in [3.05, 3.63) is 89.2 Å². The van der Waals surface area contributed by atoms with Crippen LogP contribution in [0.4, 0.5) is 5.69 Å². The summed E-state index contributed by atoms with van der Waals surface area (Å²) in [4.78, 5) is 13.0. The minimum atomic E-state index is -0.0968. The van der Waals surface area contributed by atoms with Crippen LogP contribution >= 0.6 is 11.6 Å². The Morgan fingerprint density at radius 3 is 2.52 bits per heavy atom. The molecule has 0 saturated carbocycles. The van der Waals surface area contributed by atoms with E-state index in [4.69, 9.17) is 11.6 Å². The fourth-order valence-electron chi connectivity index (χ4n) is 3.68. The lowest BCUT2D eigenvalue weighted by Crippen LogP contribution is -2.34. The summed E-state index contributed by atoms with van der Waals surface area (Å²) in [6.45, 7) is 0.865. The van der Waals surface area contributed by atoms with Crippen LogP contribution < -0.4 is 5.32 Å². The molecule has 1 aliphatic heterocycles. The van der Waals surface area contributed by atoms with Gasteiger partial charge < -0.3 is 9.88 Å². The molecule has 2 atom stereocenters. The van der Waals surface area contributed by atoms with Crippen LogP contribution in [0.2, 0.25) is 5.02 Å². The number of aryl methyl sites for hydroxylation is 1. The Hall–Kier alpha value is -2.52. The van der Waals surface area contributed by atoms with Crippen molar-refractivity contribution in [2.24, 2.45) is 5.92 Å². The first-order valence-electron chi connectivity index (χ1n) is 8.49. The Morgan fingerprint density at radius 2 is 1.76 bits per heavy atom. The van der Waals surface area contributed by atoms with Crippen molar-refractivity contribution < 1.29 is 4.79 Å². The third kappa shape index (κ3) is 3.20. The van der Waals surface area contributed by atoms with E-state index < -0.39 is 0 Å². The number of aromatic nitrogens is 1.